The van der Waals surface area contributed by atoms with Crippen molar-refractivity contribution in [3.05, 3.63) is 28.8 Å². The third-order valence-electron chi connectivity index (χ3n) is 3.77. The first kappa shape index (κ1) is 10.5. The average Bonchev–Trinajstić information content (AvgIpc) is 2.69. The summed E-state index contributed by atoms with van der Waals surface area (Å²) < 4.78 is 5.33. The molecular formula is C13H13NO3. The monoisotopic (exact) mass is 231 g/mol. The van der Waals surface area contributed by atoms with Crippen LogP contribution in [0.3, 0.4) is 0 Å². The fourth-order valence-corrected chi connectivity index (χ4v) is 2.63. The normalized spacial score (nSPS) is 20.2. The lowest BCUT2D eigenvalue weighted by molar-refractivity contribution is 0.134. The Kier molecular flexibility index (Phi) is 2.28. The molecule has 1 fully saturated rings. The minimum absolute atomic E-state index is 0.216. The summed E-state index contributed by atoms with van der Waals surface area (Å²) in [7, 11) is 0. The number of aliphatic imine (C=N–C) groups is 1. The summed E-state index contributed by atoms with van der Waals surface area (Å²) in [4.78, 5) is 14.4. The number of rotatable bonds is 2. The number of hydrogen-bond donors (Lipinski definition) is 1. The smallest absolute Gasteiger partial charge is 0.235 e. The fourth-order valence-electron chi connectivity index (χ4n) is 2.63. The van der Waals surface area contributed by atoms with Crippen LogP contribution in [0.15, 0.2) is 17.1 Å². The maximum atomic E-state index is 10.5. The summed E-state index contributed by atoms with van der Waals surface area (Å²) in [6, 6.07) is 3.66. The Bertz CT molecular complexity index is 514. The van der Waals surface area contributed by atoms with E-state index in [9.17, 15) is 9.90 Å². The molecule has 88 valence electrons. The van der Waals surface area contributed by atoms with Gasteiger partial charge < -0.3 is 9.84 Å². The van der Waals surface area contributed by atoms with Crippen molar-refractivity contribution in [3.8, 4) is 5.75 Å². The third-order valence-corrected chi connectivity index (χ3v) is 3.77. The summed E-state index contributed by atoms with van der Waals surface area (Å²) in [5.41, 5.74) is 2.32. The Balaban J connectivity index is 2.11. The molecule has 0 spiro atoms. The van der Waals surface area contributed by atoms with Crippen molar-refractivity contribution in [2.45, 2.75) is 38.0 Å². The predicted octanol–water partition coefficient (Wildman–Crippen LogP) is 2.14. The number of phenolic OH excluding ortho intramolecular Hbond substituents is 1. The molecule has 1 aromatic rings. The molecule has 0 radical (unpaired) electrons. The minimum atomic E-state index is -0.538. The van der Waals surface area contributed by atoms with E-state index in [4.69, 9.17) is 4.74 Å². The highest BCUT2D eigenvalue weighted by molar-refractivity contribution is 5.49. The number of isocyanates is 1. The van der Waals surface area contributed by atoms with Crippen molar-refractivity contribution in [3.63, 3.8) is 0 Å². The zero-order valence-corrected chi connectivity index (χ0v) is 9.40. The number of hydrogen-bond acceptors (Lipinski definition) is 4. The van der Waals surface area contributed by atoms with Crippen molar-refractivity contribution in [2.24, 2.45) is 4.99 Å². The number of aromatic hydroxyl groups is 1. The third kappa shape index (κ3) is 1.49. The number of carbonyl (C=O) groups excluding carboxylic acids is 1. The molecule has 2 aliphatic rings. The second-order valence-corrected chi connectivity index (χ2v) is 4.72. The Morgan fingerprint density at radius 1 is 1.29 bits per heavy atom. The first-order valence-electron chi connectivity index (χ1n) is 5.77. The van der Waals surface area contributed by atoms with Gasteiger partial charge >= 0.3 is 0 Å². The maximum absolute atomic E-state index is 10.5. The summed E-state index contributed by atoms with van der Waals surface area (Å²) in [5.74, 6) is 0.216. The predicted molar refractivity (Wildman–Crippen MR) is 60.3 cm³/mol. The second-order valence-electron chi connectivity index (χ2n) is 4.72. The molecule has 1 N–H and O–H groups in total. The topological polar surface area (TPSA) is 58.9 Å². The molecule has 4 nitrogen and oxygen atoms in total. The van der Waals surface area contributed by atoms with Gasteiger partial charge in [0.05, 0.1) is 13.2 Å². The van der Waals surface area contributed by atoms with Crippen LogP contribution in [0.2, 0.25) is 0 Å². The van der Waals surface area contributed by atoms with Gasteiger partial charge in [-0.2, -0.15) is 4.99 Å². The lowest BCUT2D eigenvalue weighted by atomic mass is 9.71. The number of nitrogens with zero attached hydrogens (tertiary/aromatic N) is 1. The largest absolute Gasteiger partial charge is 0.508 e. The Labute approximate surface area is 98.9 Å². The highest BCUT2D eigenvalue weighted by Gasteiger charge is 2.41. The first-order chi connectivity index (χ1) is 8.25. The van der Waals surface area contributed by atoms with Gasteiger partial charge in [0.25, 0.3) is 0 Å². The molecule has 0 bridgehead atoms. The zero-order chi connectivity index (χ0) is 11.9. The number of benzene rings is 1. The maximum Gasteiger partial charge on any atom is 0.235 e. The summed E-state index contributed by atoms with van der Waals surface area (Å²) in [6.45, 7) is 1.12. The summed E-state index contributed by atoms with van der Waals surface area (Å²) in [6.07, 6.45) is 4.26. The van der Waals surface area contributed by atoms with Crippen LogP contribution in [0, 0.1) is 0 Å². The molecule has 17 heavy (non-hydrogen) atoms. The first-order valence-corrected chi connectivity index (χ1v) is 5.77. The number of fused-ring (bicyclic) bond motifs is 1. The van der Waals surface area contributed by atoms with Crippen LogP contribution in [0.25, 0.3) is 0 Å². The molecule has 1 aliphatic carbocycles. The molecule has 1 saturated carbocycles. The Hall–Kier alpha value is -1.64. The van der Waals surface area contributed by atoms with Crippen LogP contribution >= 0.6 is 0 Å². The van der Waals surface area contributed by atoms with Crippen LogP contribution in [0.5, 0.6) is 5.75 Å². The molecule has 0 atom stereocenters. The van der Waals surface area contributed by atoms with E-state index in [1.807, 2.05) is 6.07 Å². The molecule has 0 saturated heterocycles. The zero-order valence-electron chi connectivity index (χ0n) is 9.40. The van der Waals surface area contributed by atoms with E-state index in [1.54, 1.807) is 12.1 Å². The van der Waals surface area contributed by atoms with Gasteiger partial charge in [-0.1, -0.05) is 0 Å². The molecule has 0 amide bonds. The average molecular weight is 231 g/mol. The second kappa shape index (κ2) is 3.69. The van der Waals surface area contributed by atoms with Gasteiger partial charge in [-0.15, -0.1) is 0 Å². The van der Waals surface area contributed by atoms with E-state index in [0.717, 1.165) is 36.0 Å². The number of phenols is 1. The van der Waals surface area contributed by atoms with Crippen LogP contribution in [-0.4, -0.2) is 11.2 Å². The molecular weight excluding hydrogens is 218 g/mol. The van der Waals surface area contributed by atoms with Crippen molar-refractivity contribution >= 4 is 6.08 Å². The summed E-state index contributed by atoms with van der Waals surface area (Å²) >= 11 is 0. The van der Waals surface area contributed by atoms with Crippen molar-refractivity contribution < 1.29 is 14.6 Å². The Morgan fingerprint density at radius 3 is 2.59 bits per heavy atom. The molecule has 0 aromatic heterocycles. The summed E-state index contributed by atoms with van der Waals surface area (Å²) in [5, 5.41) is 10.1. The highest BCUT2D eigenvalue weighted by atomic mass is 16.5. The van der Waals surface area contributed by atoms with Crippen LogP contribution in [0.4, 0.5) is 0 Å². The lowest BCUT2D eigenvalue weighted by Crippen LogP contribution is -2.32. The van der Waals surface area contributed by atoms with E-state index < -0.39 is 5.54 Å². The van der Waals surface area contributed by atoms with Crippen LogP contribution in [0.1, 0.15) is 36.0 Å². The standard InChI is InChI=1S/C13H13NO3/c15-8-14-13(2-1-3-13)11-4-9-6-17-7-10(9)5-12(11)16/h4-5,16H,1-3,6-7H2. The van der Waals surface area contributed by atoms with Gasteiger partial charge in [0.2, 0.25) is 6.08 Å². The highest BCUT2D eigenvalue weighted by Crippen LogP contribution is 2.48. The Morgan fingerprint density at radius 2 is 2.00 bits per heavy atom. The molecule has 4 heteroatoms. The fraction of sp³-hybridized carbons (Fsp3) is 0.462. The van der Waals surface area contributed by atoms with Crippen LogP contribution < -0.4 is 0 Å². The lowest BCUT2D eigenvalue weighted by Gasteiger charge is -2.37. The van der Waals surface area contributed by atoms with Gasteiger partial charge in [0, 0.05) is 5.56 Å². The van der Waals surface area contributed by atoms with E-state index in [2.05, 4.69) is 4.99 Å². The van der Waals surface area contributed by atoms with Gasteiger partial charge in [0.15, 0.2) is 0 Å². The molecule has 1 heterocycles. The van der Waals surface area contributed by atoms with Crippen molar-refractivity contribution in [1.82, 2.24) is 0 Å². The van der Waals surface area contributed by atoms with E-state index >= 15 is 0 Å². The molecule has 3 rings (SSSR count). The van der Waals surface area contributed by atoms with Crippen molar-refractivity contribution in [2.75, 3.05) is 0 Å². The quantitative estimate of drug-likeness (QED) is 0.626. The van der Waals surface area contributed by atoms with Gasteiger partial charge in [-0.3, -0.25) is 0 Å². The molecule has 0 unspecified atom stereocenters. The van der Waals surface area contributed by atoms with Gasteiger partial charge in [-0.05, 0) is 42.5 Å². The van der Waals surface area contributed by atoms with Gasteiger partial charge in [0.1, 0.15) is 11.3 Å². The van der Waals surface area contributed by atoms with Gasteiger partial charge in [-0.25, -0.2) is 4.79 Å². The minimum Gasteiger partial charge on any atom is -0.508 e. The van der Waals surface area contributed by atoms with E-state index in [0.29, 0.717) is 13.2 Å². The molecule has 1 aromatic carbocycles. The molecule has 1 aliphatic heterocycles. The van der Waals surface area contributed by atoms with E-state index in [1.165, 1.54) is 0 Å². The van der Waals surface area contributed by atoms with Crippen LogP contribution in [-0.2, 0) is 28.3 Å². The number of ether oxygens (including phenoxy) is 1. The van der Waals surface area contributed by atoms with Crippen molar-refractivity contribution in [1.29, 1.82) is 0 Å². The SMILES string of the molecule is O=C=NC1(c2cc3c(cc2O)COC3)CCC1. The van der Waals surface area contributed by atoms with E-state index in [-0.39, 0.29) is 5.75 Å².